The molecule has 0 aliphatic rings. The molecule has 0 heterocycles. The lowest BCUT2D eigenvalue weighted by Gasteiger charge is -2.21. The fraction of sp³-hybridized carbons (Fsp3) is 0.953. The highest BCUT2D eigenvalue weighted by Gasteiger charge is 2.30. The summed E-state index contributed by atoms with van der Waals surface area (Å²) in [6.45, 7) is 12.0. The average Bonchev–Trinajstić information content (AvgIpc) is 0.939. The maximum absolute atomic E-state index is 13.1. The van der Waals surface area contributed by atoms with E-state index in [1.54, 1.807) is 0 Å². The van der Waals surface area contributed by atoms with Gasteiger partial charge in [-0.3, -0.25) is 37.3 Å². The molecule has 624 valence electrons. The van der Waals surface area contributed by atoms with Crippen LogP contribution in [-0.4, -0.2) is 96.7 Å². The summed E-state index contributed by atoms with van der Waals surface area (Å²) in [5.74, 6) is 0.244. The number of unbranched alkanes of at least 4 members (excludes halogenated alkanes) is 52. The maximum Gasteiger partial charge on any atom is 0.472 e. The summed E-state index contributed by atoms with van der Waals surface area (Å²) >= 11 is 0. The van der Waals surface area contributed by atoms with Gasteiger partial charge in [0.25, 0.3) is 0 Å². The first-order valence-electron chi connectivity index (χ1n) is 44.3. The van der Waals surface area contributed by atoms with E-state index in [1.165, 1.54) is 263 Å². The number of ether oxygens (including phenoxy) is 4. The van der Waals surface area contributed by atoms with Crippen molar-refractivity contribution in [2.75, 3.05) is 39.6 Å². The summed E-state index contributed by atoms with van der Waals surface area (Å²) in [4.78, 5) is 73.2. The van der Waals surface area contributed by atoms with E-state index in [-0.39, 0.29) is 25.7 Å². The SMILES string of the molecule is CCCCCCCCCCCCCCCCCCC(=O)O[C@H](COC(=O)CCCCCCCCCCC(C)C)COP(=O)(O)OC[C@H](O)COP(=O)(O)OC[C@@H](COC(=O)CCCCCCCCCCCCCCCCCCC(C)C)OC(=O)CCCCCCCCCCCCCCCCCCC(C)C. The smallest absolute Gasteiger partial charge is 0.462 e. The summed E-state index contributed by atoms with van der Waals surface area (Å²) in [5, 5.41) is 10.7. The van der Waals surface area contributed by atoms with Gasteiger partial charge in [0.15, 0.2) is 12.2 Å². The van der Waals surface area contributed by atoms with Gasteiger partial charge in [0.05, 0.1) is 26.4 Å². The van der Waals surface area contributed by atoms with Gasteiger partial charge >= 0.3 is 39.5 Å². The number of esters is 4. The van der Waals surface area contributed by atoms with Crippen molar-refractivity contribution >= 4 is 39.5 Å². The molecule has 105 heavy (non-hydrogen) atoms. The van der Waals surface area contributed by atoms with E-state index in [1.807, 2.05) is 0 Å². The molecule has 0 fully saturated rings. The second-order valence-electron chi connectivity index (χ2n) is 32.4. The van der Waals surface area contributed by atoms with Crippen molar-refractivity contribution in [1.82, 2.24) is 0 Å². The molecular formula is C86H168O17P2. The number of phosphoric acid groups is 2. The maximum atomic E-state index is 13.1. The summed E-state index contributed by atoms with van der Waals surface area (Å²) in [7, 11) is -9.93. The highest BCUT2D eigenvalue weighted by atomic mass is 31.2. The summed E-state index contributed by atoms with van der Waals surface area (Å²) < 4.78 is 68.9. The van der Waals surface area contributed by atoms with E-state index >= 15 is 0 Å². The second kappa shape index (κ2) is 76.1. The van der Waals surface area contributed by atoms with Crippen molar-refractivity contribution in [2.45, 2.75) is 471 Å². The minimum absolute atomic E-state index is 0.108. The third-order valence-corrected chi connectivity index (χ3v) is 22.0. The van der Waals surface area contributed by atoms with Crippen LogP contribution in [0.1, 0.15) is 453 Å². The molecule has 19 heteroatoms. The molecule has 2 unspecified atom stereocenters. The van der Waals surface area contributed by atoms with Crippen molar-refractivity contribution in [3.63, 3.8) is 0 Å². The van der Waals surface area contributed by atoms with E-state index < -0.39 is 97.5 Å². The first-order chi connectivity index (χ1) is 50.7. The molecule has 0 aromatic heterocycles. The van der Waals surface area contributed by atoms with Crippen molar-refractivity contribution in [3.05, 3.63) is 0 Å². The largest absolute Gasteiger partial charge is 0.472 e. The topological polar surface area (TPSA) is 237 Å². The normalized spacial score (nSPS) is 13.9. The zero-order valence-electron chi connectivity index (χ0n) is 69.2. The fourth-order valence-corrected chi connectivity index (χ4v) is 14.9. The van der Waals surface area contributed by atoms with E-state index in [0.717, 1.165) is 108 Å². The summed E-state index contributed by atoms with van der Waals surface area (Å²) in [6.07, 6.45) is 66.6. The van der Waals surface area contributed by atoms with Crippen LogP contribution < -0.4 is 0 Å². The molecule has 0 aliphatic heterocycles. The second-order valence-corrected chi connectivity index (χ2v) is 35.3. The predicted octanol–water partition coefficient (Wildman–Crippen LogP) is 26.1. The van der Waals surface area contributed by atoms with Crippen LogP contribution in [0.2, 0.25) is 0 Å². The van der Waals surface area contributed by atoms with E-state index in [4.69, 9.17) is 37.0 Å². The predicted molar refractivity (Wildman–Crippen MR) is 432 cm³/mol. The average molecular weight is 1540 g/mol. The molecule has 0 spiro atoms. The lowest BCUT2D eigenvalue weighted by atomic mass is 10.0. The number of carbonyl (C=O) groups excluding carboxylic acids is 4. The van der Waals surface area contributed by atoms with Gasteiger partial charge in [0.2, 0.25) is 0 Å². The Balaban J connectivity index is 5.25. The number of hydrogen-bond donors (Lipinski definition) is 3. The Kier molecular flexibility index (Phi) is 74.7. The fourth-order valence-electron chi connectivity index (χ4n) is 13.4. The first kappa shape index (κ1) is 103. The Hall–Kier alpha value is -1.94. The zero-order valence-corrected chi connectivity index (χ0v) is 71.0. The van der Waals surface area contributed by atoms with E-state index in [9.17, 15) is 43.2 Å². The Morgan fingerprint density at radius 3 is 0.648 bits per heavy atom. The van der Waals surface area contributed by atoms with Crippen LogP contribution in [0.3, 0.4) is 0 Å². The molecular weight excluding hydrogens is 1370 g/mol. The molecule has 3 N–H and O–H groups in total. The van der Waals surface area contributed by atoms with Crippen LogP contribution in [0.4, 0.5) is 0 Å². The van der Waals surface area contributed by atoms with Gasteiger partial charge in [0.1, 0.15) is 19.3 Å². The van der Waals surface area contributed by atoms with Crippen molar-refractivity contribution in [2.24, 2.45) is 17.8 Å². The quantitative estimate of drug-likeness (QED) is 0.0222. The van der Waals surface area contributed by atoms with Gasteiger partial charge in [-0.2, -0.15) is 0 Å². The Morgan fingerprint density at radius 1 is 0.257 bits per heavy atom. The van der Waals surface area contributed by atoms with Crippen LogP contribution in [0.5, 0.6) is 0 Å². The number of aliphatic hydroxyl groups excluding tert-OH is 1. The molecule has 0 saturated heterocycles. The monoisotopic (exact) mass is 1540 g/mol. The molecule has 0 radical (unpaired) electrons. The molecule has 5 atom stereocenters. The summed E-state index contributed by atoms with van der Waals surface area (Å²) in [5.41, 5.74) is 0. The van der Waals surface area contributed by atoms with Crippen LogP contribution in [-0.2, 0) is 65.4 Å². The Morgan fingerprint density at radius 2 is 0.438 bits per heavy atom. The highest BCUT2D eigenvalue weighted by molar-refractivity contribution is 7.47. The molecule has 0 amide bonds. The molecule has 0 rings (SSSR count). The van der Waals surface area contributed by atoms with Gasteiger partial charge in [-0.25, -0.2) is 9.13 Å². The van der Waals surface area contributed by atoms with Gasteiger partial charge in [0, 0.05) is 25.7 Å². The van der Waals surface area contributed by atoms with Gasteiger partial charge in [-0.05, 0) is 43.4 Å². The molecule has 0 aliphatic carbocycles. The van der Waals surface area contributed by atoms with Gasteiger partial charge in [-0.1, -0.05) is 402 Å². The van der Waals surface area contributed by atoms with Crippen LogP contribution in [0.25, 0.3) is 0 Å². The van der Waals surface area contributed by atoms with Crippen LogP contribution in [0.15, 0.2) is 0 Å². The first-order valence-corrected chi connectivity index (χ1v) is 47.3. The van der Waals surface area contributed by atoms with Crippen molar-refractivity contribution in [3.8, 4) is 0 Å². The number of phosphoric ester groups is 2. The molecule has 0 aromatic rings. The van der Waals surface area contributed by atoms with Gasteiger partial charge in [-0.15, -0.1) is 0 Å². The van der Waals surface area contributed by atoms with Crippen molar-refractivity contribution < 1.29 is 80.2 Å². The van der Waals surface area contributed by atoms with Crippen LogP contribution in [0, 0.1) is 17.8 Å². The lowest BCUT2D eigenvalue weighted by molar-refractivity contribution is -0.161. The minimum Gasteiger partial charge on any atom is -0.462 e. The minimum atomic E-state index is -4.97. The number of carbonyl (C=O) groups is 4. The van der Waals surface area contributed by atoms with E-state index in [0.29, 0.717) is 25.7 Å². The molecule has 0 bridgehead atoms. The van der Waals surface area contributed by atoms with E-state index in [2.05, 4.69) is 48.5 Å². The summed E-state index contributed by atoms with van der Waals surface area (Å²) in [6, 6.07) is 0. The number of aliphatic hydroxyl groups is 1. The Labute approximate surface area is 645 Å². The van der Waals surface area contributed by atoms with Gasteiger partial charge < -0.3 is 33.8 Å². The molecule has 17 nitrogen and oxygen atoms in total. The third kappa shape index (κ3) is 79.9. The standard InChI is InChI=1S/C86H168O17P2/c1-8-9-10-11-12-13-14-15-16-23-29-34-39-48-55-62-69-86(91)103-82(74-97-84(89)68-61-54-47-42-41-45-52-59-66-79(6)7)76-101-105(94,95)99-72-80(87)71-98-104(92,93)100-75-81(102-85(90)70-63-56-49-40-35-30-25-20-18-22-27-32-37-44-51-58-65-78(4)5)73-96-83(88)67-60-53-46-38-33-28-24-19-17-21-26-31-36-43-50-57-64-77(2)3/h77-82,87H,8-76H2,1-7H3,(H,92,93)(H,94,95)/t80-,81-,82-/m1/s1. The van der Waals surface area contributed by atoms with Crippen molar-refractivity contribution in [1.29, 1.82) is 0 Å². The van der Waals surface area contributed by atoms with Crippen LogP contribution >= 0.6 is 15.6 Å². The zero-order chi connectivity index (χ0) is 77.2. The highest BCUT2D eigenvalue weighted by Crippen LogP contribution is 2.45. The third-order valence-electron chi connectivity index (χ3n) is 20.1. The lowest BCUT2D eigenvalue weighted by Crippen LogP contribution is -2.30. The molecule has 0 aromatic carbocycles. The number of hydrogen-bond acceptors (Lipinski definition) is 15. The number of rotatable bonds is 84. The molecule has 0 saturated carbocycles. The Bertz CT molecular complexity index is 2030.